The predicted molar refractivity (Wildman–Crippen MR) is 119 cm³/mol. The van der Waals surface area contributed by atoms with E-state index >= 15 is 0 Å². The van der Waals surface area contributed by atoms with Crippen LogP contribution in [0.15, 0.2) is 41.3 Å². The van der Waals surface area contributed by atoms with Crippen molar-refractivity contribution < 1.29 is 9.47 Å². The van der Waals surface area contributed by atoms with Gasteiger partial charge in [0.25, 0.3) is 5.56 Å². The van der Waals surface area contributed by atoms with Gasteiger partial charge in [0.2, 0.25) is 0 Å². The molecular weight excluding hydrogens is 380 g/mol. The molecule has 1 N–H and O–H groups in total. The molecule has 3 aromatic rings. The van der Waals surface area contributed by atoms with Gasteiger partial charge in [-0.3, -0.25) is 9.20 Å². The standard InChI is InChI=1S/C23H28N4O3/c1-14-8-18(26-11-15(2)24-16(3)12-26)13-27-22(28)10-19(25-23(14)27)17-6-7-20(29-4)21(9-17)30-5/h6-10,13,15-16,24H,11-12H2,1-5H3/t15-,16?/m0/s1. The number of fused-ring (bicyclic) bond motifs is 1. The summed E-state index contributed by atoms with van der Waals surface area (Å²) >= 11 is 0. The molecule has 0 aliphatic carbocycles. The van der Waals surface area contributed by atoms with E-state index in [0.29, 0.717) is 34.9 Å². The van der Waals surface area contributed by atoms with Crippen molar-refractivity contribution in [3.63, 3.8) is 0 Å². The average molecular weight is 409 g/mol. The van der Waals surface area contributed by atoms with Crippen molar-refractivity contribution in [3.05, 3.63) is 52.4 Å². The number of anilines is 1. The molecule has 1 unspecified atom stereocenters. The van der Waals surface area contributed by atoms with Crippen molar-refractivity contribution >= 4 is 11.3 Å². The highest BCUT2D eigenvalue weighted by molar-refractivity contribution is 5.67. The molecule has 1 aliphatic heterocycles. The van der Waals surface area contributed by atoms with E-state index in [-0.39, 0.29) is 5.56 Å². The Balaban J connectivity index is 1.78. The number of aromatic nitrogens is 2. The quantitative estimate of drug-likeness (QED) is 0.716. The molecule has 0 amide bonds. The second kappa shape index (κ2) is 7.99. The Morgan fingerprint density at radius 3 is 2.40 bits per heavy atom. The second-order valence-corrected chi connectivity index (χ2v) is 8.00. The minimum Gasteiger partial charge on any atom is -0.493 e. The second-order valence-electron chi connectivity index (χ2n) is 8.00. The fraction of sp³-hybridized carbons (Fsp3) is 0.391. The smallest absolute Gasteiger partial charge is 0.258 e. The number of nitrogens with zero attached hydrogens (tertiary/aromatic N) is 3. The normalized spacial score (nSPS) is 19.2. The summed E-state index contributed by atoms with van der Waals surface area (Å²) in [7, 11) is 3.19. The van der Waals surface area contributed by atoms with E-state index < -0.39 is 0 Å². The summed E-state index contributed by atoms with van der Waals surface area (Å²) in [6, 6.07) is 10.0. The van der Waals surface area contributed by atoms with E-state index in [4.69, 9.17) is 14.5 Å². The first-order valence-corrected chi connectivity index (χ1v) is 10.2. The van der Waals surface area contributed by atoms with E-state index in [1.54, 1.807) is 24.7 Å². The summed E-state index contributed by atoms with van der Waals surface area (Å²) in [6.45, 7) is 8.17. The Hall–Kier alpha value is -3.06. The van der Waals surface area contributed by atoms with Gasteiger partial charge in [0, 0.05) is 43.0 Å². The maximum Gasteiger partial charge on any atom is 0.258 e. The largest absolute Gasteiger partial charge is 0.493 e. The van der Waals surface area contributed by atoms with Gasteiger partial charge in [-0.1, -0.05) is 0 Å². The van der Waals surface area contributed by atoms with Gasteiger partial charge in [0.05, 0.1) is 25.6 Å². The molecule has 0 bridgehead atoms. The third-order valence-corrected chi connectivity index (χ3v) is 5.53. The Bertz CT molecular complexity index is 1130. The van der Waals surface area contributed by atoms with Crippen LogP contribution in [-0.4, -0.2) is 48.8 Å². The number of rotatable bonds is 4. The van der Waals surface area contributed by atoms with Crippen LogP contribution in [0.4, 0.5) is 5.69 Å². The number of benzene rings is 1. The zero-order valence-corrected chi connectivity index (χ0v) is 18.1. The highest BCUT2D eigenvalue weighted by Crippen LogP contribution is 2.31. The van der Waals surface area contributed by atoms with E-state index in [0.717, 1.165) is 29.9 Å². The number of methoxy groups -OCH3 is 2. The molecule has 1 fully saturated rings. The van der Waals surface area contributed by atoms with Crippen LogP contribution in [-0.2, 0) is 0 Å². The summed E-state index contributed by atoms with van der Waals surface area (Å²) in [6.07, 6.45) is 1.90. The fourth-order valence-corrected chi connectivity index (χ4v) is 4.20. The average Bonchev–Trinajstić information content (AvgIpc) is 2.72. The highest BCUT2D eigenvalue weighted by atomic mass is 16.5. The molecule has 30 heavy (non-hydrogen) atoms. The zero-order valence-electron chi connectivity index (χ0n) is 18.1. The van der Waals surface area contributed by atoms with E-state index in [1.807, 2.05) is 31.3 Å². The van der Waals surface area contributed by atoms with Crippen molar-refractivity contribution in [2.24, 2.45) is 0 Å². The predicted octanol–water partition coefficient (Wildman–Crippen LogP) is 2.87. The van der Waals surface area contributed by atoms with Crippen molar-refractivity contribution in [1.82, 2.24) is 14.7 Å². The molecular formula is C23H28N4O3. The van der Waals surface area contributed by atoms with Crippen LogP contribution in [0.1, 0.15) is 19.4 Å². The van der Waals surface area contributed by atoms with Crippen molar-refractivity contribution in [1.29, 1.82) is 0 Å². The number of nitrogens with one attached hydrogen (secondary N) is 1. The van der Waals surface area contributed by atoms with Crippen molar-refractivity contribution in [3.8, 4) is 22.8 Å². The van der Waals surface area contributed by atoms with E-state index in [1.165, 1.54) is 0 Å². The topological polar surface area (TPSA) is 68.1 Å². The van der Waals surface area contributed by atoms with Gasteiger partial charge in [-0.15, -0.1) is 0 Å². The van der Waals surface area contributed by atoms with Crippen LogP contribution in [0.5, 0.6) is 11.5 Å². The molecule has 0 radical (unpaired) electrons. The molecule has 0 spiro atoms. The number of pyridine rings is 1. The molecule has 2 atom stereocenters. The molecule has 7 heteroatoms. The first kappa shape index (κ1) is 20.2. The minimum atomic E-state index is -0.106. The Kier molecular flexibility index (Phi) is 5.39. The molecule has 4 rings (SSSR count). The van der Waals surface area contributed by atoms with Gasteiger partial charge in [-0.25, -0.2) is 4.98 Å². The van der Waals surface area contributed by atoms with Crippen LogP contribution in [0.2, 0.25) is 0 Å². The van der Waals surface area contributed by atoms with Gasteiger partial charge in [0.1, 0.15) is 5.65 Å². The Morgan fingerprint density at radius 2 is 1.73 bits per heavy atom. The number of piperazine rings is 1. The molecule has 1 saturated heterocycles. The summed E-state index contributed by atoms with van der Waals surface area (Å²) in [5.41, 5.74) is 3.98. The lowest BCUT2D eigenvalue weighted by molar-refractivity contribution is 0.355. The molecule has 158 valence electrons. The molecule has 0 saturated carbocycles. The first-order valence-electron chi connectivity index (χ1n) is 10.2. The zero-order chi connectivity index (χ0) is 21.4. The maximum atomic E-state index is 13.0. The fourth-order valence-electron chi connectivity index (χ4n) is 4.20. The monoisotopic (exact) mass is 408 g/mol. The molecule has 2 aromatic heterocycles. The molecule has 3 heterocycles. The van der Waals surface area contributed by atoms with Gasteiger partial charge in [-0.05, 0) is 50.6 Å². The summed E-state index contributed by atoms with van der Waals surface area (Å²) < 4.78 is 12.3. The van der Waals surface area contributed by atoms with Crippen molar-refractivity contribution in [2.75, 3.05) is 32.2 Å². The lowest BCUT2D eigenvalue weighted by Gasteiger charge is -2.37. The summed E-state index contributed by atoms with van der Waals surface area (Å²) in [4.78, 5) is 20.1. The Morgan fingerprint density at radius 1 is 1.03 bits per heavy atom. The van der Waals surface area contributed by atoms with Gasteiger partial charge < -0.3 is 19.7 Å². The third kappa shape index (κ3) is 3.73. The first-order chi connectivity index (χ1) is 14.4. The van der Waals surface area contributed by atoms with Crippen LogP contribution in [0.25, 0.3) is 16.9 Å². The van der Waals surface area contributed by atoms with Crippen molar-refractivity contribution in [2.45, 2.75) is 32.9 Å². The maximum absolute atomic E-state index is 13.0. The summed E-state index contributed by atoms with van der Waals surface area (Å²) in [5.74, 6) is 1.24. The highest BCUT2D eigenvalue weighted by Gasteiger charge is 2.22. The Labute approximate surface area is 176 Å². The van der Waals surface area contributed by atoms with E-state index in [2.05, 4.69) is 30.1 Å². The number of ether oxygens (including phenoxy) is 2. The van der Waals surface area contributed by atoms with E-state index in [9.17, 15) is 4.79 Å². The number of hydrogen-bond donors (Lipinski definition) is 1. The van der Waals surface area contributed by atoms with Gasteiger partial charge in [-0.2, -0.15) is 0 Å². The van der Waals surface area contributed by atoms with Crippen LogP contribution in [0.3, 0.4) is 0 Å². The van der Waals surface area contributed by atoms with Gasteiger partial charge in [0.15, 0.2) is 11.5 Å². The third-order valence-electron chi connectivity index (χ3n) is 5.53. The lowest BCUT2D eigenvalue weighted by atomic mass is 10.1. The number of hydrogen-bond acceptors (Lipinski definition) is 6. The molecule has 7 nitrogen and oxygen atoms in total. The number of aryl methyl sites for hydroxylation is 1. The van der Waals surface area contributed by atoms with Crippen LogP contribution in [0, 0.1) is 6.92 Å². The van der Waals surface area contributed by atoms with Gasteiger partial charge >= 0.3 is 0 Å². The van der Waals surface area contributed by atoms with Crippen LogP contribution >= 0.6 is 0 Å². The van der Waals surface area contributed by atoms with Crippen LogP contribution < -0.4 is 25.2 Å². The molecule has 1 aromatic carbocycles. The SMILES string of the molecule is COc1ccc(-c2cc(=O)n3cc(N4CC(C)N[C@@H](C)C4)cc(C)c3n2)cc1OC. The molecule has 1 aliphatic rings. The lowest BCUT2D eigenvalue weighted by Crippen LogP contribution is -2.54. The minimum absolute atomic E-state index is 0.106. The summed E-state index contributed by atoms with van der Waals surface area (Å²) in [5, 5.41) is 3.54.